The minimum absolute atomic E-state index is 0.00116. The molecule has 0 aromatic rings. The maximum absolute atomic E-state index is 10.6. The molecule has 1 unspecified atom stereocenters. The van der Waals surface area contributed by atoms with Gasteiger partial charge in [0.15, 0.2) is 0 Å². The highest BCUT2D eigenvalue weighted by Gasteiger charge is 2.26. The van der Waals surface area contributed by atoms with Crippen LogP contribution in [0, 0.1) is 5.92 Å². The average molecular weight is 157 g/mol. The van der Waals surface area contributed by atoms with Gasteiger partial charge in [0, 0.05) is 6.92 Å². The molecule has 1 rings (SSSR count). The molecule has 11 heavy (non-hydrogen) atoms. The van der Waals surface area contributed by atoms with Crippen LogP contribution < -0.4 is 5.32 Å². The monoisotopic (exact) mass is 157 g/mol. The van der Waals surface area contributed by atoms with Gasteiger partial charge < -0.3 is 10.4 Å². The summed E-state index contributed by atoms with van der Waals surface area (Å²) in [6, 6.07) is 0.00116. The molecule has 0 saturated heterocycles. The lowest BCUT2D eigenvalue weighted by Crippen LogP contribution is -2.44. The smallest absolute Gasteiger partial charge is 0.217 e. The minimum atomic E-state index is -0.0454. The van der Waals surface area contributed by atoms with Gasteiger partial charge >= 0.3 is 0 Å². The number of carbonyl (C=O) groups excluding carboxylic acids is 1. The van der Waals surface area contributed by atoms with Gasteiger partial charge in [-0.3, -0.25) is 4.79 Å². The van der Waals surface area contributed by atoms with E-state index in [0.717, 1.165) is 12.8 Å². The van der Waals surface area contributed by atoms with Crippen molar-refractivity contribution in [2.75, 3.05) is 6.61 Å². The number of hydrogen-bond donors (Lipinski definition) is 2. The molecule has 1 saturated carbocycles. The van der Waals surface area contributed by atoms with Crippen molar-refractivity contribution >= 4 is 5.91 Å². The summed E-state index contributed by atoms with van der Waals surface area (Å²) in [5, 5.41) is 11.6. The molecule has 1 atom stereocenters. The molecule has 1 fully saturated rings. The first-order valence-electron chi connectivity index (χ1n) is 4.12. The maximum Gasteiger partial charge on any atom is 0.217 e. The molecule has 0 radical (unpaired) electrons. The SMILES string of the molecule is CC(=O)NC(CO)C1CCC1. The van der Waals surface area contributed by atoms with Gasteiger partial charge in [-0.25, -0.2) is 0 Å². The molecular weight excluding hydrogens is 142 g/mol. The van der Waals surface area contributed by atoms with E-state index in [9.17, 15) is 4.79 Å². The third-order valence-electron chi connectivity index (χ3n) is 2.30. The number of aliphatic hydroxyl groups excluding tert-OH is 1. The fraction of sp³-hybridized carbons (Fsp3) is 0.875. The summed E-state index contributed by atoms with van der Waals surface area (Å²) in [6.07, 6.45) is 3.53. The van der Waals surface area contributed by atoms with Gasteiger partial charge in [-0.1, -0.05) is 6.42 Å². The van der Waals surface area contributed by atoms with E-state index in [0.29, 0.717) is 5.92 Å². The number of hydrogen-bond acceptors (Lipinski definition) is 2. The van der Waals surface area contributed by atoms with Gasteiger partial charge in [0.2, 0.25) is 5.91 Å². The Kier molecular flexibility index (Phi) is 2.88. The molecule has 3 nitrogen and oxygen atoms in total. The van der Waals surface area contributed by atoms with Crippen molar-refractivity contribution in [3.63, 3.8) is 0 Å². The lowest BCUT2D eigenvalue weighted by atomic mass is 9.80. The van der Waals surface area contributed by atoms with Crippen LogP contribution in [-0.4, -0.2) is 23.7 Å². The summed E-state index contributed by atoms with van der Waals surface area (Å²) in [4.78, 5) is 10.6. The third-order valence-corrected chi connectivity index (χ3v) is 2.30. The zero-order valence-electron chi connectivity index (χ0n) is 6.84. The summed E-state index contributed by atoms with van der Waals surface area (Å²) in [5.74, 6) is 0.472. The topological polar surface area (TPSA) is 49.3 Å². The molecule has 1 aliphatic carbocycles. The predicted molar refractivity (Wildman–Crippen MR) is 42.0 cm³/mol. The van der Waals surface area contributed by atoms with Crippen molar-refractivity contribution in [1.29, 1.82) is 0 Å². The van der Waals surface area contributed by atoms with Crippen LogP contribution in [0.3, 0.4) is 0 Å². The molecule has 0 heterocycles. The van der Waals surface area contributed by atoms with Crippen LogP contribution in [0.1, 0.15) is 26.2 Å². The molecule has 2 N–H and O–H groups in total. The number of nitrogens with one attached hydrogen (secondary N) is 1. The molecule has 3 heteroatoms. The highest BCUT2D eigenvalue weighted by Crippen LogP contribution is 2.29. The lowest BCUT2D eigenvalue weighted by Gasteiger charge is -2.32. The summed E-state index contributed by atoms with van der Waals surface area (Å²) >= 11 is 0. The molecule has 0 spiro atoms. The quantitative estimate of drug-likeness (QED) is 0.618. The van der Waals surface area contributed by atoms with Crippen molar-refractivity contribution < 1.29 is 9.90 Å². The summed E-state index contributed by atoms with van der Waals surface area (Å²) in [5.41, 5.74) is 0. The first kappa shape index (κ1) is 8.53. The standard InChI is InChI=1S/C8H15NO2/c1-6(11)9-8(5-10)7-3-2-4-7/h7-8,10H,2-5H2,1H3,(H,9,11). The normalized spacial score (nSPS) is 20.5. The van der Waals surface area contributed by atoms with Crippen LogP contribution in [0.15, 0.2) is 0 Å². The second-order valence-electron chi connectivity index (χ2n) is 3.18. The third kappa shape index (κ3) is 2.19. The van der Waals surface area contributed by atoms with Crippen LogP contribution in [-0.2, 0) is 4.79 Å². The Balaban J connectivity index is 2.29. The Morgan fingerprint density at radius 1 is 1.73 bits per heavy atom. The van der Waals surface area contributed by atoms with Gasteiger partial charge in [0.1, 0.15) is 0 Å². The minimum Gasteiger partial charge on any atom is -0.394 e. The van der Waals surface area contributed by atoms with E-state index < -0.39 is 0 Å². The van der Waals surface area contributed by atoms with Crippen molar-refractivity contribution in [3.8, 4) is 0 Å². The zero-order chi connectivity index (χ0) is 8.27. The van der Waals surface area contributed by atoms with Crippen molar-refractivity contribution in [3.05, 3.63) is 0 Å². The molecule has 1 amide bonds. The summed E-state index contributed by atoms with van der Waals surface area (Å²) < 4.78 is 0. The number of aliphatic hydroxyl groups is 1. The van der Waals surface area contributed by atoms with E-state index in [1.807, 2.05) is 0 Å². The van der Waals surface area contributed by atoms with E-state index in [1.165, 1.54) is 13.3 Å². The highest BCUT2D eigenvalue weighted by atomic mass is 16.3. The van der Waals surface area contributed by atoms with Crippen molar-refractivity contribution in [1.82, 2.24) is 5.32 Å². The highest BCUT2D eigenvalue weighted by molar-refractivity contribution is 5.73. The van der Waals surface area contributed by atoms with E-state index in [4.69, 9.17) is 5.11 Å². The zero-order valence-corrected chi connectivity index (χ0v) is 6.84. The molecule has 0 aromatic carbocycles. The van der Waals surface area contributed by atoms with Crippen LogP contribution in [0.4, 0.5) is 0 Å². The van der Waals surface area contributed by atoms with Gasteiger partial charge in [-0.2, -0.15) is 0 Å². The second kappa shape index (κ2) is 3.72. The van der Waals surface area contributed by atoms with Crippen LogP contribution in [0.25, 0.3) is 0 Å². The second-order valence-corrected chi connectivity index (χ2v) is 3.18. The van der Waals surface area contributed by atoms with Gasteiger partial charge in [0.25, 0.3) is 0 Å². The fourth-order valence-electron chi connectivity index (χ4n) is 1.42. The Morgan fingerprint density at radius 3 is 2.64 bits per heavy atom. The fourth-order valence-corrected chi connectivity index (χ4v) is 1.42. The predicted octanol–water partition coefficient (Wildman–Crippen LogP) is 0.283. The largest absolute Gasteiger partial charge is 0.394 e. The number of carbonyl (C=O) groups is 1. The van der Waals surface area contributed by atoms with E-state index in [-0.39, 0.29) is 18.6 Å². The van der Waals surface area contributed by atoms with Crippen LogP contribution in [0.5, 0.6) is 0 Å². The maximum atomic E-state index is 10.6. The van der Waals surface area contributed by atoms with E-state index in [1.54, 1.807) is 0 Å². The Bertz CT molecular complexity index is 143. The van der Waals surface area contributed by atoms with E-state index in [2.05, 4.69) is 5.32 Å². The molecule has 0 aromatic heterocycles. The van der Waals surface area contributed by atoms with Crippen LogP contribution in [0.2, 0.25) is 0 Å². The van der Waals surface area contributed by atoms with E-state index >= 15 is 0 Å². The van der Waals surface area contributed by atoms with Gasteiger partial charge in [-0.15, -0.1) is 0 Å². The van der Waals surface area contributed by atoms with Crippen molar-refractivity contribution in [2.24, 2.45) is 5.92 Å². The summed E-state index contributed by atoms with van der Waals surface area (Å²) in [7, 11) is 0. The number of amides is 1. The molecule has 1 aliphatic rings. The first-order chi connectivity index (χ1) is 5.24. The Morgan fingerprint density at radius 2 is 2.36 bits per heavy atom. The molecular formula is C8H15NO2. The average Bonchev–Trinajstić information content (AvgIpc) is 1.81. The van der Waals surface area contributed by atoms with Gasteiger partial charge in [-0.05, 0) is 18.8 Å². The molecule has 64 valence electrons. The first-order valence-corrected chi connectivity index (χ1v) is 4.12. The van der Waals surface area contributed by atoms with Crippen LogP contribution >= 0.6 is 0 Å². The molecule has 0 aliphatic heterocycles. The lowest BCUT2D eigenvalue weighted by molar-refractivity contribution is -0.120. The molecule has 0 bridgehead atoms. The van der Waals surface area contributed by atoms with Crippen molar-refractivity contribution in [2.45, 2.75) is 32.2 Å². The number of rotatable bonds is 3. The Labute approximate surface area is 66.8 Å². The summed E-state index contributed by atoms with van der Waals surface area (Å²) in [6.45, 7) is 1.56. The van der Waals surface area contributed by atoms with Gasteiger partial charge in [0.05, 0.1) is 12.6 Å². The Hall–Kier alpha value is -0.570.